The first-order chi connectivity index (χ1) is 14.1. The van der Waals surface area contributed by atoms with E-state index in [1.165, 1.54) is 5.69 Å². The van der Waals surface area contributed by atoms with Gasteiger partial charge in [-0.3, -0.25) is 4.79 Å². The predicted molar refractivity (Wildman–Crippen MR) is 117 cm³/mol. The van der Waals surface area contributed by atoms with Gasteiger partial charge in [-0.2, -0.15) is 0 Å². The van der Waals surface area contributed by atoms with E-state index in [-0.39, 0.29) is 5.91 Å². The van der Waals surface area contributed by atoms with Gasteiger partial charge >= 0.3 is 0 Å². The van der Waals surface area contributed by atoms with Gasteiger partial charge in [-0.25, -0.2) is 4.98 Å². The van der Waals surface area contributed by atoms with Gasteiger partial charge in [-0.15, -0.1) is 0 Å². The molecule has 1 N–H and O–H groups in total. The predicted octanol–water partition coefficient (Wildman–Crippen LogP) is 2.10. The molecule has 2 aromatic rings. The van der Waals surface area contributed by atoms with Crippen LogP contribution in [0.25, 0.3) is 0 Å². The van der Waals surface area contributed by atoms with Crippen LogP contribution in [0.3, 0.4) is 0 Å². The molecule has 0 aliphatic carbocycles. The molecule has 7 nitrogen and oxygen atoms in total. The van der Waals surface area contributed by atoms with Gasteiger partial charge in [0, 0.05) is 38.4 Å². The Bertz CT molecular complexity index is 769. The van der Waals surface area contributed by atoms with Gasteiger partial charge in [0.15, 0.2) is 0 Å². The van der Waals surface area contributed by atoms with Crippen molar-refractivity contribution in [2.75, 3.05) is 70.3 Å². The third-order valence-corrected chi connectivity index (χ3v) is 5.13. The van der Waals surface area contributed by atoms with Crippen LogP contribution in [-0.2, 0) is 0 Å². The zero-order chi connectivity index (χ0) is 20.6. The molecule has 0 bridgehead atoms. The molecule has 1 fully saturated rings. The lowest BCUT2D eigenvalue weighted by Gasteiger charge is -2.37. The Labute approximate surface area is 173 Å². The van der Waals surface area contributed by atoms with Crippen LogP contribution in [0.4, 0.5) is 11.4 Å². The minimum atomic E-state index is -0.111. The standard InChI is InChI=1S/C22H31N5O2/c1-25(2)12-4-11-23-22(28)21-10-7-19(17-24-21)27-15-13-26(14-16-27)18-5-8-20(29-3)9-6-18/h5-10,17H,4,11-16H2,1-3H3,(H,23,28). The summed E-state index contributed by atoms with van der Waals surface area (Å²) in [4.78, 5) is 23.4. The van der Waals surface area contributed by atoms with E-state index in [0.717, 1.165) is 50.6 Å². The van der Waals surface area contributed by atoms with Crippen molar-refractivity contribution in [3.63, 3.8) is 0 Å². The highest BCUT2D eigenvalue weighted by Gasteiger charge is 2.18. The van der Waals surface area contributed by atoms with E-state index in [9.17, 15) is 4.79 Å². The fourth-order valence-electron chi connectivity index (χ4n) is 3.41. The van der Waals surface area contributed by atoms with Gasteiger partial charge < -0.3 is 24.8 Å². The maximum absolute atomic E-state index is 12.2. The van der Waals surface area contributed by atoms with Crippen LogP contribution in [0.1, 0.15) is 16.9 Å². The summed E-state index contributed by atoms with van der Waals surface area (Å²) in [5, 5.41) is 2.93. The molecule has 1 aromatic heterocycles. The Morgan fingerprint density at radius 2 is 1.66 bits per heavy atom. The number of carbonyl (C=O) groups excluding carboxylic acids is 1. The number of hydrogen-bond acceptors (Lipinski definition) is 6. The number of nitrogens with zero attached hydrogens (tertiary/aromatic N) is 4. The van der Waals surface area contributed by atoms with Crippen LogP contribution in [0, 0.1) is 0 Å². The van der Waals surface area contributed by atoms with Crippen molar-refractivity contribution in [3.05, 3.63) is 48.3 Å². The molecule has 0 radical (unpaired) electrons. The van der Waals surface area contributed by atoms with E-state index in [1.54, 1.807) is 13.3 Å². The molecule has 0 spiro atoms. The van der Waals surface area contributed by atoms with Gasteiger partial charge in [0.2, 0.25) is 0 Å². The highest BCUT2D eigenvalue weighted by Crippen LogP contribution is 2.22. The lowest BCUT2D eigenvalue weighted by molar-refractivity contribution is 0.0947. The second-order valence-corrected chi connectivity index (χ2v) is 7.49. The topological polar surface area (TPSA) is 60.9 Å². The molecule has 156 valence electrons. The smallest absolute Gasteiger partial charge is 0.269 e. The van der Waals surface area contributed by atoms with Crippen molar-refractivity contribution < 1.29 is 9.53 Å². The zero-order valence-corrected chi connectivity index (χ0v) is 17.6. The van der Waals surface area contributed by atoms with Gasteiger partial charge in [0.05, 0.1) is 19.0 Å². The fourth-order valence-corrected chi connectivity index (χ4v) is 3.41. The average Bonchev–Trinajstić information content (AvgIpc) is 2.77. The summed E-state index contributed by atoms with van der Waals surface area (Å²) in [6.45, 7) is 5.34. The average molecular weight is 398 g/mol. The maximum Gasteiger partial charge on any atom is 0.269 e. The first kappa shape index (κ1) is 20.9. The maximum atomic E-state index is 12.2. The Hall–Kier alpha value is -2.80. The molecule has 1 aliphatic heterocycles. The molecule has 1 amide bonds. The molecule has 1 aromatic carbocycles. The quantitative estimate of drug-likeness (QED) is 0.689. The van der Waals surface area contributed by atoms with Crippen LogP contribution in [-0.4, -0.2) is 76.3 Å². The number of carbonyl (C=O) groups is 1. The second-order valence-electron chi connectivity index (χ2n) is 7.49. The lowest BCUT2D eigenvalue weighted by Crippen LogP contribution is -2.46. The van der Waals surface area contributed by atoms with Gasteiger partial charge in [0.25, 0.3) is 5.91 Å². The first-order valence-electron chi connectivity index (χ1n) is 10.1. The number of methoxy groups -OCH3 is 1. The normalized spacial score (nSPS) is 14.2. The minimum Gasteiger partial charge on any atom is -0.497 e. The van der Waals surface area contributed by atoms with Crippen molar-refractivity contribution in [1.82, 2.24) is 15.2 Å². The summed E-state index contributed by atoms with van der Waals surface area (Å²) in [6.07, 6.45) is 2.73. The lowest BCUT2D eigenvalue weighted by atomic mass is 10.2. The summed E-state index contributed by atoms with van der Waals surface area (Å²) in [5.41, 5.74) is 2.74. The fraction of sp³-hybridized carbons (Fsp3) is 0.455. The summed E-state index contributed by atoms with van der Waals surface area (Å²) >= 11 is 0. The highest BCUT2D eigenvalue weighted by atomic mass is 16.5. The number of anilines is 2. The Morgan fingerprint density at radius 3 is 2.21 bits per heavy atom. The first-order valence-corrected chi connectivity index (χ1v) is 10.1. The van der Waals surface area contributed by atoms with Crippen LogP contribution in [0.5, 0.6) is 5.75 Å². The van der Waals surface area contributed by atoms with Crippen molar-refractivity contribution in [2.24, 2.45) is 0 Å². The summed E-state index contributed by atoms with van der Waals surface area (Å²) in [5.74, 6) is 0.764. The van der Waals surface area contributed by atoms with Gasteiger partial charge in [-0.05, 0) is 63.5 Å². The van der Waals surface area contributed by atoms with E-state index in [4.69, 9.17) is 4.74 Å². The largest absolute Gasteiger partial charge is 0.497 e. The van der Waals surface area contributed by atoms with Crippen molar-refractivity contribution in [2.45, 2.75) is 6.42 Å². The van der Waals surface area contributed by atoms with Crippen LogP contribution >= 0.6 is 0 Å². The van der Waals surface area contributed by atoms with Crippen LogP contribution in [0.2, 0.25) is 0 Å². The third-order valence-electron chi connectivity index (χ3n) is 5.13. The van der Waals surface area contributed by atoms with Gasteiger partial charge in [0.1, 0.15) is 11.4 Å². The number of amides is 1. The van der Waals surface area contributed by atoms with E-state index >= 15 is 0 Å². The summed E-state index contributed by atoms with van der Waals surface area (Å²) in [6, 6.07) is 12.0. The zero-order valence-electron chi connectivity index (χ0n) is 17.6. The van der Waals surface area contributed by atoms with Gasteiger partial charge in [-0.1, -0.05) is 0 Å². The monoisotopic (exact) mass is 397 g/mol. The van der Waals surface area contributed by atoms with Crippen molar-refractivity contribution in [1.29, 1.82) is 0 Å². The number of ether oxygens (including phenoxy) is 1. The number of benzene rings is 1. The number of nitrogens with one attached hydrogen (secondary N) is 1. The van der Waals surface area contributed by atoms with E-state index in [2.05, 4.69) is 37.1 Å². The summed E-state index contributed by atoms with van der Waals surface area (Å²) in [7, 11) is 5.74. The number of piperazine rings is 1. The number of pyridine rings is 1. The van der Waals surface area contributed by atoms with E-state index in [1.807, 2.05) is 38.4 Å². The van der Waals surface area contributed by atoms with E-state index in [0.29, 0.717) is 12.2 Å². The van der Waals surface area contributed by atoms with Crippen LogP contribution < -0.4 is 19.9 Å². The molecule has 0 atom stereocenters. The molecule has 0 saturated carbocycles. The second kappa shape index (κ2) is 10.1. The van der Waals surface area contributed by atoms with Crippen molar-refractivity contribution >= 4 is 17.3 Å². The molecular formula is C22H31N5O2. The molecule has 7 heteroatoms. The third kappa shape index (κ3) is 5.84. The summed E-state index contributed by atoms with van der Waals surface area (Å²) < 4.78 is 5.23. The number of aromatic nitrogens is 1. The Balaban J connectivity index is 1.48. The number of rotatable bonds is 8. The molecular weight excluding hydrogens is 366 g/mol. The Kier molecular flexibility index (Phi) is 7.30. The SMILES string of the molecule is COc1ccc(N2CCN(c3ccc(C(=O)NCCCN(C)C)nc3)CC2)cc1. The van der Waals surface area contributed by atoms with E-state index < -0.39 is 0 Å². The van der Waals surface area contributed by atoms with Crippen molar-refractivity contribution in [3.8, 4) is 5.75 Å². The molecule has 1 aliphatic rings. The Morgan fingerprint density at radius 1 is 1.03 bits per heavy atom. The minimum absolute atomic E-state index is 0.111. The highest BCUT2D eigenvalue weighted by molar-refractivity contribution is 5.92. The van der Waals surface area contributed by atoms with Crippen LogP contribution in [0.15, 0.2) is 42.6 Å². The molecule has 2 heterocycles. The number of hydrogen-bond donors (Lipinski definition) is 1. The molecule has 3 rings (SSSR count). The molecule has 1 saturated heterocycles. The molecule has 29 heavy (non-hydrogen) atoms. The molecule has 0 unspecified atom stereocenters.